The van der Waals surface area contributed by atoms with Crippen LogP contribution in [-0.4, -0.2) is 50.0 Å². The summed E-state index contributed by atoms with van der Waals surface area (Å²) >= 11 is 2.02. The molecular formula is C15H22N2OS. The molecule has 4 heteroatoms. The molecule has 0 spiro atoms. The number of nitrogens with one attached hydrogen (secondary N) is 1. The van der Waals surface area contributed by atoms with Crippen molar-refractivity contribution in [2.75, 3.05) is 39.0 Å². The average molecular weight is 278 g/mol. The molecule has 1 N–H and O–H groups in total. The quantitative estimate of drug-likeness (QED) is 0.912. The Morgan fingerprint density at radius 2 is 2.32 bits per heavy atom. The molecule has 3 nitrogen and oxygen atoms in total. The fraction of sp³-hybridized carbons (Fsp3) is 0.600. The Kier molecular flexibility index (Phi) is 4.43. The maximum absolute atomic E-state index is 5.82. The maximum Gasteiger partial charge on any atom is 0.0826 e. The van der Waals surface area contributed by atoms with Crippen molar-refractivity contribution in [1.82, 2.24) is 10.2 Å². The number of rotatable bonds is 3. The lowest BCUT2D eigenvalue weighted by atomic mass is 10.0. The Bertz CT molecular complexity index is 426. The Morgan fingerprint density at radius 1 is 1.42 bits per heavy atom. The van der Waals surface area contributed by atoms with Gasteiger partial charge in [0.15, 0.2) is 0 Å². The molecule has 1 aromatic carbocycles. The molecule has 1 aromatic rings. The molecule has 0 bridgehead atoms. The van der Waals surface area contributed by atoms with E-state index in [0.29, 0.717) is 12.1 Å². The second-order valence-electron chi connectivity index (χ2n) is 5.43. The molecular weight excluding hydrogens is 256 g/mol. The third-order valence-corrected chi connectivity index (χ3v) is 4.99. The molecule has 2 heterocycles. The molecule has 2 aliphatic rings. The highest BCUT2D eigenvalue weighted by Crippen LogP contribution is 2.31. The maximum atomic E-state index is 5.82. The van der Waals surface area contributed by atoms with Gasteiger partial charge < -0.3 is 15.0 Å². The topological polar surface area (TPSA) is 24.5 Å². The SMILES string of the molecule is CN1CCOC(CNC2CSCc3ccccc32)C1. The number of ether oxygens (including phenoxy) is 1. The van der Waals surface area contributed by atoms with E-state index in [2.05, 4.69) is 41.5 Å². The lowest BCUT2D eigenvalue weighted by Gasteiger charge is -2.32. The molecule has 2 unspecified atom stereocenters. The van der Waals surface area contributed by atoms with Crippen molar-refractivity contribution in [3.05, 3.63) is 35.4 Å². The van der Waals surface area contributed by atoms with Crippen molar-refractivity contribution in [2.45, 2.75) is 17.9 Å². The zero-order valence-electron chi connectivity index (χ0n) is 11.5. The van der Waals surface area contributed by atoms with Crippen molar-refractivity contribution in [1.29, 1.82) is 0 Å². The van der Waals surface area contributed by atoms with E-state index in [1.807, 2.05) is 11.8 Å². The monoisotopic (exact) mass is 278 g/mol. The zero-order chi connectivity index (χ0) is 13.1. The molecule has 3 rings (SSSR count). The van der Waals surface area contributed by atoms with Crippen molar-refractivity contribution < 1.29 is 4.74 Å². The first-order valence-electron chi connectivity index (χ1n) is 7.02. The number of likely N-dealkylation sites (N-methyl/N-ethyl adjacent to an activating group) is 1. The lowest BCUT2D eigenvalue weighted by molar-refractivity contribution is -0.0190. The summed E-state index contributed by atoms with van der Waals surface area (Å²) in [5.41, 5.74) is 2.96. The van der Waals surface area contributed by atoms with Crippen LogP contribution in [0.3, 0.4) is 0 Å². The van der Waals surface area contributed by atoms with Crippen molar-refractivity contribution >= 4 is 11.8 Å². The first kappa shape index (κ1) is 13.4. The van der Waals surface area contributed by atoms with Crippen LogP contribution in [-0.2, 0) is 10.5 Å². The highest BCUT2D eigenvalue weighted by Gasteiger charge is 2.22. The molecule has 0 saturated carbocycles. The summed E-state index contributed by atoms with van der Waals surface area (Å²) in [5, 5.41) is 3.70. The molecule has 1 saturated heterocycles. The second-order valence-corrected chi connectivity index (χ2v) is 6.46. The molecule has 2 atom stereocenters. The van der Waals surface area contributed by atoms with Crippen molar-refractivity contribution in [3.8, 4) is 0 Å². The van der Waals surface area contributed by atoms with E-state index in [1.54, 1.807) is 0 Å². The predicted molar refractivity (Wildman–Crippen MR) is 80.6 cm³/mol. The van der Waals surface area contributed by atoms with Gasteiger partial charge in [0.05, 0.1) is 12.7 Å². The van der Waals surface area contributed by atoms with Crippen LogP contribution in [0, 0.1) is 0 Å². The van der Waals surface area contributed by atoms with Crippen LogP contribution in [0.2, 0.25) is 0 Å². The summed E-state index contributed by atoms with van der Waals surface area (Å²) in [6.07, 6.45) is 0.331. The third-order valence-electron chi connectivity index (χ3n) is 3.91. The van der Waals surface area contributed by atoms with Gasteiger partial charge in [0, 0.05) is 37.2 Å². The van der Waals surface area contributed by atoms with E-state index >= 15 is 0 Å². The van der Waals surface area contributed by atoms with Crippen molar-refractivity contribution in [3.63, 3.8) is 0 Å². The molecule has 0 aromatic heterocycles. The van der Waals surface area contributed by atoms with E-state index in [-0.39, 0.29) is 0 Å². The van der Waals surface area contributed by atoms with Gasteiger partial charge in [0.25, 0.3) is 0 Å². The minimum Gasteiger partial charge on any atom is -0.374 e. The lowest BCUT2D eigenvalue weighted by Crippen LogP contribution is -2.45. The van der Waals surface area contributed by atoms with Crippen LogP contribution < -0.4 is 5.32 Å². The molecule has 104 valence electrons. The van der Waals surface area contributed by atoms with Crippen LogP contribution in [0.1, 0.15) is 17.2 Å². The molecule has 1 fully saturated rings. The fourth-order valence-corrected chi connectivity index (χ4v) is 3.95. The van der Waals surface area contributed by atoms with Gasteiger partial charge in [-0.25, -0.2) is 0 Å². The first-order valence-corrected chi connectivity index (χ1v) is 8.17. The van der Waals surface area contributed by atoms with Crippen molar-refractivity contribution in [2.24, 2.45) is 0 Å². The molecule has 2 aliphatic heterocycles. The van der Waals surface area contributed by atoms with Gasteiger partial charge in [-0.15, -0.1) is 0 Å². The summed E-state index contributed by atoms with van der Waals surface area (Å²) in [6, 6.07) is 9.28. The second kappa shape index (κ2) is 6.27. The fourth-order valence-electron chi connectivity index (χ4n) is 2.81. The van der Waals surface area contributed by atoms with E-state index in [9.17, 15) is 0 Å². The van der Waals surface area contributed by atoms with Gasteiger partial charge >= 0.3 is 0 Å². The van der Waals surface area contributed by atoms with E-state index < -0.39 is 0 Å². The Morgan fingerprint density at radius 3 is 3.21 bits per heavy atom. The number of morpholine rings is 1. The summed E-state index contributed by atoms with van der Waals surface area (Å²) < 4.78 is 5.82. The highest BCUT2D eigenvalue weighted by atomic mass is 32.2. The summed E-state index contributed by atoms with van der Waals surface area (Å²) in [4.78, 5) is 2.35. The largest absolute Gasteiger partial charge is 0.374 e. The number of fused-ring (bicyclic) bond motifs is 1. The molecule has 19 heavy (non-hydrogen) atoms. The summed E-state index contributed by atoms with van der Waals surface area (Å²) in [7, 11) is 2.17. The van der Waals surface area contributed by atoms with Crippen LogP contribution in [0.4, 0.5) is 0 Å². The van der Waals surface area contributed by atoms with Gasteiger partial charge in [-0.1, -0.05) is 24.3 Å². The van der Waals surface area contributed by atoms with Crippen LogP contribution in [0.25, 0.3) is 0 Å². The van der Waals surface area contributed by atoms with Gasteiger partial charge in [0.1, 0.15) is 0 Å². The first-order chi connectivity index (χ1) is 9.33. The molecule has 0 amide bonds. The standard InChI is InChI=1S/C15H22N2OS/c1-17-6-7-18-13(9-17)8-16-15-11-19-10-12-4-2-3-5-14(12)15/h2-5,13,15-16H,6-11H2,1H3. The van der Waals surface area contributed by atoms with Crippen LogP contribution in [0.15, 0.2) is 24.3 Å². The number of thioether (sulfide) groups is 1. The summed E-state index contributed by atoms with van der Waals surface area (Å²) in [6.45, 7) is 3.90. The molecule has 0 aliphatic carbocycles. The van der Waals surface area contributed by atoms with Crippen LogP contribution >= 0.6 is 11.8 Å². The number of benzene rings is 1. The Hall–Kier alpha value is -0.550. The minimum absolute atomic E-state index is 0.331. The van der Waals surface area contributed by atoms with E-state index in [4.69, 9.17) is 4.74 Å². The zero-order valence-corrected chi connectivity index (χ0v) is 12.3. The smallest absolute Gasteiger partial charge is 0.0826 e. The molecule has 0 radical (unpaired) electrons. The number of hydrogen-bond donors (Lipinski definition) is 1. The average Bonchev–Trinajstić information content (AvgIpc) is 2.45. The Balaban J connectivity index is 1.59. The summed E-state index contributed by atoms with van der Waals surface area (Å²) in [5.74, 6) is 2.32. The van der Waals surface area contributed by atoms with Crippen LogP contribution in [0.5, 0.6) is 0 Å². The van der Waals surface area contributed by atoms with Gasteiger partial charge in [0.2, 0.25) is 0 Å². The third kappa shape index (κ3) is 3.31. The van der Waals surface area contributed by atoms with E-state index in [0.717, 1.165) is 32.0 Å². The predicted octanol–water partition coefficient (Wildman–Crippen LogP) is 1.89. The Labute approximate surface area is 119 Å². The van der Waals surface area contributed by atoms with Gasteiger partial charge in [-0.05, 0) is 18.2 Å². The number of hydrogen-bond acceptors (Lipinski definition) is 4. The van der Waals surface area contributed by atoms with Gasteiger partial charge in [-0.2, -0.15) is 11.8 Å². The minimum atomic E-state index is 0.331. The highest BCUT2D eigenvalue weighted by molar-refractivity contribution is 7.98. The number of nitrogens with zero attached hydrogens (tertiary/aromatic N) is 1. The normalized spacial score (nSPS) is 28.1. The van der Waals surface area contributed by atoms with E-state index in [1.165, 1.54) is 16.9 Å². The van der Waals surface area contributed by atoms with Gasteiger partial charge in [-0.3, -0.25) is 0 Å².